The number of hydrogen-bond donors (Lipinski definition) is 1. The largest absolute Gasteiger partial charge is 0.456 e. The van der Waals surface area contributed by atoms with Gasteiger partial charge in [0, 0.05) is 15.6 Å². The topological polar surface area (TPSA) is 72.5 Å². The molecule has 0 spiro atoms. The maximum absolute atomic E-state index is 12.4. The van der Waals surface area contributed by atoms with Gasteiger partial charge in [0.15, 0.2) is 12.4 Å². The molecule has 2 aromatic carbocycles. The highest BCUT2D eigenvalue weighted by Gasteiger charge is 2.23. The Balaban J connectivity index is 1.96. The molecular formula is C20H20BrNO4S. The van der Waals surface area contributed by atoms with E-state index in [4.69, 9.17) is 4.74 Å². The Morgan fingerprint density at radius 1 is 1.04 bits per heavy atom. The Hall–Kier alpha value is -2.12. The maximum atomic E-state index is 12.4. The van der Waals surface area contributed by atoms with Gasteiger partial charge in [-0.05, 0) is 42.7 Å². The first-order valence-electron chi connectivity index (χ1n) is 8.31. The number of rotatable bonds is 9. The highest BCUT2D eigenvalue weighted by molar-refractivity contribution is 9.10. The fraction of sp³-hybridized carbons (Fsp3) is 0.250. The first-order chi connectivity index (χ1) is 13.0. The lowest BCUT2D eigenvalue weighted by Crippen LogP contribution is -2.42. The van der Waals surface area contributed by atoms with Crippen LogP contribution in [0, 0.1) is 0 Å². The van der Waals surface area contributed by atoms with Crippen LogP contribution in [-0.4, -0.2) is 42.3 Å². The fourth-order valence-corrected chi connectivity index (χ4v) is 3.01. The molecule has 0 aromatic heterocycles. The van der Waals surface area contributed by atoms with Gasteiger partial charge >= 0.3 is 5.97 Å². The summed E-state index contributed by atoms with van der Waals surface area (Å²) in [6, 6.07) is 14.7. The Bertz CT molecular complexity index is 780. The summed E-state index contributed by atoms with van der Waals surface area (Å²) in [4.78, 5) is 36.9. The summed E-state index contributed by atoms with van der Waals surface area (Å²) in [5.74, 6) is -0.583. The molecule has 7 heteroatoms. The van der Waals surface area contributed by atoms with Crippen LogP contribution in [0.5, 0.6) is 0 Å². The lowest BCUT2D eigenvalue weighted by molar-refractivity contribution is -0.144. The number of hydrogen-bond acceptors (Lipinski definition) is 5. The molecule has 5 nitrogen and oxygen atoms in total. The summed E-state index contributed by atoms with van der Waals surface area (Å²) >= 11 is 4.87. The zero-order valence-corrected chi connectivity index (χ0v) is 17.2. The number of benzene rings is 2. The monoisotopic (exact) mass is 449 g/mol. The van der Waals surface area contributed by atoms with Gasteiger partial charge in [0.25, 0.3) is 5.91 Å². The van der Waals surface area contributed by atoms with Crippen LogP contribution >= 0.6 is 27.7 Å². The zero-order chi connectivity index (χ0) is 19.6. The van der Waals surface area contributed by atoms with E-state index in [1.165, 1.54) is 0 Å². The molecule has 0 saturated heterocycles. The predicted octanol–water partition coefficient (Wildman–Crippen LogP) is 3.73. The van der Waals surface area contributed by atoms with Crippen LogP contribution in [0.2, 0.25) is 0 Å². The van der Waals surface area contributed by atoms with E-state index < -0.39 is 12.0 Å². The molecule has 2 aromatic rings. The highest BCUT2D eigenvalue weighted by atomic mass is 79.9. The number of nitrogens with one attached hydrogen (secondary N) is 1. The zero-order valence-electron chi connectivity index (χ0n) is 14.8. The minimum Gasteiger partial charge on any atom is -0.456 e. The molecule has 0 heterocycles. The summed E-state index contributed by atoms with van der Waals surface area (Å²) in [6.07, 6.45) is 2.34. The number of amides is 1. The molecule has 0 fully saturated rings. The molecule has 1 atom stereocenters. The average molecular weight is 450 g/mol. The van der Waals surface area contributed by atoms with E-state index in [1.807, 2.05) is 12.3 Å². The van der Waals surface area contributed by atoms with Crippen LogP contribution < -0.4 is 5.32 Å². The number of esters is 1. The number of halogens is 1. The number of ketones is 1. The van der Waals surface area contributed by atoms with E-state index in [-0.39, 0.29) is 18.3 Å². The van der Waals surface area contributed by atoms with E-state index in [0.717, 1.165) is 4.47 Å². The number of carbonyl (C=O) groups is 3. The molecule has 0 aliphatic carbocycles. The molecule has 0 aliphatic heterocycles. The van der Waals surface area contributed by atoms with Gasteiger partial charge < -0.3 is 10.1 Å². The smallest absolute Gasteiger partial charge is 0.329 e. The van der Waals surface area contributed by atoms with Gasteiger partial charge in [-0.25, -0.2) is 4.79 Å². The van der Waals surface area contributed by atoms with Crippen molar-refractivity contribution < 1.29 is 19.1 Å². The van der Waals surface area contributed by atoms with Gasteiger partial charge in [-0.15, -0.1) is 0 Å². The summed E-state index contributed by atoms with van der Waals surface area (Å²) in [5, 5.41) is 2.69. The Morgan fingerprint density at radius 3 is 2.33 bits per heavy atom. The number of carbonyl (C=O) groups excluding carboxylic acids is 3. The quantitative estimate of drug-likeness (QED) is 0.466. The third-order valence-electron chi connectivity index (χ3n) is 3.75. The van der Waals surface area contributed by atoms with Crippen LogP contribution in [0.15, 0.2) is 59.1 Å². The molecule has 142 valence electrons. The first kappa shape index (κ1) is 21.2. The van der Waals surface area contributed by atoms with Gasteiger partial charge in [-0.1, -0.05) is 46.3 Å². The van der Waals surface area contributed by atoms with Crippen LogP contribution in [0.25, 0.3) is 0 Å². The minimum atomic E-state index is -0.803. The highest BCUT2D eigenvalue weighted by Crippen LogP contribution is 2.11. The van der Waals surface area contributed by atoms with Crippen LogP contribution in [0.1, 0.15) is 27.1 Å². The molecule has 0 bridgehead atoms. The third-order valence-corrected chi connectivity index (χ3v) is 4.92. The molecule has 2 rings (SSSR count). The van der Waals surface area contributed by atoms with Crippen LogP contribution in [0.4, 0.5) is 0 Å². The van der Waals surface area contributed by atoms with Crippen molar-refractivity contribution in [3.05, 3.63) is 70.2 Å². The lowest BCUT2D eigenvalue weighted by Gasteiger charge is -2.17. The molecule has 0 saturated carbocycles. The van der Waals surface area contributed by atoms with E-state index in [1.54, 1.807) is 60.3 Å². The summed E-state index contributed by atoms with van der Waals surface area (Å²) in [6.45, 7) is -0.364. The fourth-order valence-electron chi connectivity index (χ4n) is 2.27. The number of Topliss-reactive ketones (excluding diaryl/α,β-unsaturated/α-hetero) is 1. The van der Waals surface area contributed by atoms with E-state index in [9.17, 15) is 14.4 Å². The molecule has 27 heavy (non-hydrogen) atoms. The Labute approximate surface area is 171 Å². The first-order valence-corrected chi connectivity index (χ1v) is 10.5. The normalized spacial score (nSPS) is 11.5. The van der Waals surface area contributed by atoms with E-state index >= 15 is 0 Å². The van der Waals surface area contributed by atoms with Crippen molar-refractivity contribution >= 4 is 45.4 Å². The van der Waals surface area contributed by atoms with E-state index in [2.05, 4.69) is 21.2 Å². The van der Waals surface area contributed by atoms with Crippen molar-refractivity contribution in [2.75, 3.05) is 18.6 Å². The summed E-state index contributed by atoms with van der Waals surface area (Å²) < 4.78 is 6.02. The Morgan fingerprint density at radius 2 is 1.70 bits per heavy atom. The average Bonchev–Trinajstić information content (AvgIpc) is 2.70. The molecule has 0 radical (unpaired) electrons. The van der Waals surface area contributed by atoms with Crippen LogP contribution in [-0.2, 0) is 9.53 Å². The van der Waals surface area contributed by atoms with Gasteiger partial charge in [0.05, 0.1) is 0 Å². The van der Waals surface area contributed by atoms with Crippen molar-refractivity contribution in [3.8, 4) is 0 Å². The van der Waals surface area contributed by atoms with Crippen molar-refractivity contribution in [3.63, 3.8) is 0 Å². The Kier molecular flexibility index (Phi) is 8.54. The SMILES string of the molecule is CSCC[C@@H](NC(=O)c1ccccc1)C(=O)OCC(=O)c1ccc(Br)cc1. The van der Waals surface area contributed by atoms with Crippen LogP contribution in [0.3, 0.4) is 0 Å². The van der Waals surface area contributed by atoms with Gasteiger partial charge in [0.2, 0.25) is 0 Å². The van der Waals surface area contributed by atoms with Crippen molar-refractivity contribution in [2.45, 2.75) is 12.5 Å². The van der Waals surface area contributed by atoms with Crippen molar-refractivity contribution in [2.24, 2.45) is 0 Å². The van der Waals surface area contributed by atoms with Gasteiger partial charge in [-0.2, -0.15) is 11.8 Å². The maximum Gasteiger partial charge on any atom is 0.329 e. The van der Waals surface area contributed by atoms with Crippen molar-refractivity contribution in [1.82, 2.24) is 5.32 Å². The number of ether oxygens (including phenoxy) is 1. The molecule has 1 amide bonds. The van der Waals surface area contributed by atoms with E-state index in [0.29, 0.717) is 23.3 Å². The second-order valence-corrected chi connectivity index (χ2v) is 7.61. The predicted molar refractivity (Wildman–Crippen MR) is 110 cm³/mol. The standard InChI is InChI=1S/C20H20BrNO4S/c1-27-12-11-17(22-19(24)15-5-3-2-4-6-15)20(25)26-13-18(23)14-7-9-16(21)10-8-14/h2-10,17H,11-13H2,1H3,(H,22,24)/t17-/m1/s1. The number of thioether (sulfide) groups is 1. The molecule has 0 unspecified atom stereocenters. The van der Waals surface area contributed by atoms with Gasteiger partial charge in [0.1, 0.15) is 6.04 Å². The third kappa shape index (κ3) is 6.84. The summed E-state index contributed by atoms with van der Waals surface area (Å²) in [7, 11) is 0. The minimum absolute atomic E-state index is 0.297. The summed E-state index contributed by atoms with van der Waals surface area (Å²) in [5.41, 5.74) is 0.922. The molecular weight excluding hydrogens is 430 g/mol. The molecule has 0 aliphatic rings. The van der Waals surface area contributed by atoms with Crippen molar-refractivity contribution in [1.29, 1.82) is 0 Å². The van der Waals surface area contributed by atoms with Gasteiger partial charge in [-0.3, -0.25) is 9.59 Å². The molecule has 1 N–H and O–H groups in total. The second-order valence-electron chi connectivity index (χ2n) is 5.71. The second kappa shape index (κ2) is 10.9. The lowest BCUT2D eigenvalue weighted by atomic mass is 10.1.